The molecule has 0 rings (SSSR count). The van der Waals surface area contributed by atoms with Crippen LogP contribution in [0.5, 0.6) is 0 Å². The second kappa shape index (κ2) is 7.58. The smallest absolute Gasteiger partial charge is 0.341 e. The number of carbonyl (C=O) groups is 2. The third-order valence-electron chi connectivity index (χ3n) is 2.06. The summed E-state index contributed by atoms with van der Waals surface area (Å²) in [5.41, 5.74) is -1.10. The van der Waals surface area contributed by atoms with Crippen molar-refractivity contribution in [3.05, 3.63) is 0 Å². The Kier molecular flexibility index (Phi) is 7.27. The first-order chi connectivity index (χ1) is 7.91. The van der Waals surface area contributed by atoms with Gasteiger partial charge in [-0.2, -0.15) is 0 Å². The van der Waals surface area contributed by atoms with E-state index in [1.807, 2.05) is 0 Å². The predicted molar refractivity (Wildman–Crippen MR) is 62.0 cm³/mol. The SMILES string of the molecule is CCOP(=O)(OCC)C(CC(=O)OC)C(C)=O. The lowest BCUT2D eigenvalue weighted by Gasteiger charge is -2.23. The van der Waals surface area contributed by atoms with Crippen molar-refractivity contribution in [1.82, 2.24) is 0 Å². The molecule has 0 aromatic rings. The highest BCUT2D eigenvalue weighted by Gasteiger charge is 2.40. The number of methoxy groups -OCH3 is 1. The number of ether oxygens (including phenoxy) is 1. The number of ketones is 1. The summed E-state index contributed by atoms with van der Waals surface area (Å²) in [6.45, 7) is 4.81. The first kappa shape index (κ1) is 16.3. The van der Waals surface area contributed by atoms with E-state index in [0.717, 1.165) is 0 Å². The van der Waals surface area contributed by atoms with Gasteiger partial charge in [-0.25, -0.2) is 0 Å². The summed E-state index contributed by atoms with van der Waals surface area (Å²) in [6, 6.07) is 0. The van der Waals surface area contributed by atoms with Crippen molar-refractivity contribution < 1.29 is 27.9 Å². The minimum Gasteiger partial charge on any atom is -0.469 e. The Bertz CT molecular complexity index is 304. The van der Waals surface area contributed by atoms with Crippen molar-refractivity contribution in [1.29, 1.82) is 0 Å². The molecule has 0 saturated carbocycles. The van der Waals surface area contributed by atoms with E-state index in [4.69, 9.17) is 9.05 Å². The highest BCUT2D eigenvalue weighted by Crippen LogP contribution is 2.54. The normalized spacial score (nSPS) is 13.2. The van der Waals surface area contributed by atoms with Gasteiger partial charge >= 0.3 is 13.6 Å². The van der Waals surface area contributed by atoms with E-state index in [9.17, 15) is 14.2 Å². The van der Waals surface area contributed by atoms with E-state index in [1.165, 1.54) is 14.0 Å². The minimum absolute atomic E-state index is 0.141. The maximum Gasteiger partial charge on any atom is 0.341 e. The number of carbonyl (C=O) groups excluding carboxylic acids is 2. The molecule has 0 bridgehead atoms. The van der Waals surface area contributed by atoms with Crippen LogP contribution in [0.25, 0.3) is 0 Å². The van der Waals surface area contributed by atoms with Crippen LogP contribution < -0.4 is 0 Å². The Labute approximate surface area is 101 Å². The van der Waals surface area contributed by atoms with Crippen molar-refractivity contribution in [3.63, 3.8) is 0 Å². The molecule has 0 aliphatic heterocycles. The van der Waals surface area contributed by atoms with Gasteiger partial charge in [-0.3, -0.25) is 14.2 Å². The van der Waals surface area contributed by atoms with Crippen LogP contribution in [-0.2, 0) is 27.9 Å². The Morgan fingerprint density at radius 1 is 1.18 bits per heavy atom. The predicted octanol–water partition coefficient (Wildman–Crippen LogP) is 1.77. The van der Waals surface area contributed by atoms with Crippen LogP contribution in [0, 0.1) is 0 Å². The molecule has 0 amide bonds. The number of rotatable bonds is 8. The summed E-state index contributed by atoms with van der Waals surface area (Å²) >= 11 is 0. The molecule has 0 saturated heterocycles. The highest BCUT2D eigenvalue weighted by atomic mass is 31.2. The first-order valence-electron chi connectivity index (χ1n) is 5.37. The minimum atomic E-state index is -3.60. The van der Waals surface area contributed by atoms with Crippen molar-refractivity contribution in [2.24, 2.45) is 0 Å². The lowest BCUT2D eigenvalue weighted by Crippen LogP contribution is -2.25. The molecule has 0 aromatic carbocycles. The van der Waals surface area contributed by atoms with Crippen molar-refractivity contribution >= 4 is 19.3 Å². The second-order valence-corrected chi connectivity index (χ2v) is 5.50. The summed E-state index contributed by atoms with van der Waals surface area (Å²) in [7, 11) is -2.40. The standard InChI is InChI=1S/C10H19O6P/c1-5-15-17(13,16-6-2)9(8(3)11)7-10(12)14-4/h9H,5-7H2,1-4H3. The molecule has 7 heteroatoms. The molecule has 0 aromatic heterocycles. The monoisotopic (exact) mass is 266 g/mol. The number of hydrogen-bond acceptors (Lipinski definition) is 6. The molecule has 100 valence electrons. The Hall–Kier alpha value is -0.710. The lowest BCUT2D eigenvalue weighted by atomic mass is 10.2. The van der Waals surface area contributed by atoms with Crippen LogP contribution in [0.2, 0.25) is 0 Å². The molecule has 1 unspecified atom stereocenters. The molecule has 0 aliphatic carbocycles. The molecule has 0 fully saturated rings. The summed E-state index contributed by atoms with van der Waals surface area (Å²) in [5.74, 6) is -1.04. The van der Waals surface area contributed by atoms with Crippen molar-refractivity contribution in [2.45, 2.75) is 32.9 Å². The molecule has 0 heterocycles. The third-order valence-corrected chi connectivity index (χ3v) is 4.60. The van der Waals surface area contributed by atoms with Gasteiger partial charge in [0, 0.05) is 0 Å². The van der Waals surface area contributed by atoms with E-state index in [0.29, 0.717) is 0 Å². The average molecular weight is 266 g/mol. The Morgan fingerprint density at radius 2 is 1.65 bits per heavy atom. The Morgan fingerprint density at radius 3 is 1.94 bits per heavy atom. The van der Waals surface area contributed by atoms with Gasteiger partial charge in [0.25, 0.3) is 0 Å². The first-order valence-corrected chi connectivity index (χ1v) is 6.98. The molecule has 17 heavy (non-hydrogen) atoms. The van der Waals surface area contributed by atoms with Crippen LogP contribution in [0.15, 0.2) is 0 Å². The van der Waals surface area contributed by atoms with Crippen LogP contribution in [0.1, 0.15) is 27.2 Å². The van der Waals surface area contributed by atoms with Crippen molar-refractivity contribution in [3.8, 4) is 0 Å². The zero-order valence-corrected chi connectivity index (χ0v) is 11.5. The zero-order valence-electron chi connectivity index (χ0n) is 10.6. The van der Waals surface area contributed by atoms with Gasteiger partial charge in [-0.15, -0.1) is 0 Å². The number of Topliss-reactive ketones (excluding diaryl/α,β-unsaturated/α-hetero) is 1. The lowest BCUT2D eigenvalue weighted by molar-refractivity contribution is -0.141. The summed E-state index contributed by atoms with van der Waals surface area (Å²) in [6.07, 6.45) is -0.302. The van der Waals surface area contributed by atoms with Crippen LogP contribution in [0.4, 0.5) is 0 Å². The Balaban J connectivity index is 5.03. The van der Waals surface area contributed by atoms with Gasteiger partial charge in [-0.1, -0.05) is 0 Å². The van der Waals surface area contributed by atoms with Gasteiger partial charge in [0.05, 0.1) is 26.7 Å². The maximum atomic E-state index is 12.3. The molecule has 0 spiro atoms. The fourth-order valence-electron chi connectivity index (χ4n) is 1.30. The van der Waals surface area contributed by atoms with E-state index >= 15 is 0 Å². The van der Waals surface area contributed by atoms with E-state index in [2.05, 4.69) is 4.74 Å². The van der Waals surface area contributed by atoms with Crippen LogP contribution in [0.3, 0.4) is 0 Å². The molecular formula is C10H19O6P. The molecular weight excluding hydrogens is 247 g/mol. The quantitative estimate of drug-likeness (QED) is 0.492. The summed E-state index contributed by atoms with van der Waals surface area (Å²) < 4.78 is 26.9. The van der Waals surface area contributed by atoms with Gasteiger partial charge in [0.15, 0.2) is 0 Å². The van der Waals surface area contributed by atoms with E-state index in [-0.39, 0.29) is 19.6 Å². The average Bonchev–Trinajstić information content (AvgIpc) is 2.25. The highest BCUT2D eigenvalue weighted by molar-refractivity contribution is 7.55. The molecule has 6 nitrogen and oxygen atoms in total. The second-order valence-electron chi connectivity index (χ2n) is 3.28. The van der Waals surface area contributed by atoms with Gasteiger partial charge in [0.1, 0.15) is 11.4 Å². The van der Waals surface area contributed by atoms with E-state index in [1.54, 1.807) is 13.8 Å². The maximum absolute atomic E-state index is 12.3. The molecule has 0 N–H and O–H groups in total. The molecule has 0 radical (unpaired) electrons. The van der Waals surface area contributed by atoms with Crippen LogP contribution in [-0.4, -0.2) is 37.7 Å². The largest absolute Gasteiger partial charge is 0.469 e. The summed E-state index contributed by atoms with van der Waals surface area (Å²) in [4.78, 5) is 22.6. The number of hydrogen-bond donors (Lipinski definition) is 0. The third kappa shape index (κ3) is 4.98. The van der Waals surface area contributed by atoms with E-state index < -0.39 is 25.0 Å². The zero-order chi connectivity index (χ0) is 13.5. The topological polar surface area (TPSA) is 78.9 Å². The van der Waals surface area contributed by atoms with Gasteiger partial charge < -0.3 is 13.8 Å². The van der Waals surface area contributed by atoms with Crippen molar-refractivity contribution in [2.75, 3.05) is 20.3 Å². The fraction of sp³-hybridized carbons (Fsp3) is 0.800. The summed E-state index contributed by atoms with van der Waals surface area (Å²) in [5, 5.41) is 0. The molecule has 1 atom stereocenters. The number of esters is 1. The fourth-order valence-corrected chi connectivity index (χ4v) is 3.27. The van der Waals surface area contributed by atoms with Gasteiger partial charge in [-0.05, 0) is 20.8 Å². The molecule has 0 aliphatic rings. The van der Waals surface area contributed by atoms with Gasteiger partial charge in [0.2, 0.25) is 0 Å². The van der Waals surface area contributed by atoms with Crippen LogP contribution >= 0.6 is 7.60 Å².